The van der Waals surface area contributed by atoms with E-state index in [9.17, 15) is 9.18 Å². The van der Waals surface area contributed by atoms with Gasteiger partial charge >= 0.3 is 0 Å². The van der Waals surface area contributed by atoms with Gasteiger partial charge in [0, 0.05) is 18.5 Å². The third-order valence-electron chi connectivity index (χ3n) is 4.04. The van der Waals surface area contributed by atoms with E-state index < -0.39 is 0 Å². The smallest absolute Gasteiger partial charge is 0.253 e. The first-order valence-electron chi connectivity index (χ1n) is 8.37. The van der Waals surface area contributed by atoms with Gasteiger partial charge in [0.1, 0.15) is 12.4 Å². The van der Waals surface area contributed by atoms with Crippen molar-refractivity contribution in [2.24, 2.45) is 0 Å². The summed E-state index contributed by atoms with van der Waals surface area (Å²) in [5.41, 5.74) is 1.36. The van der Waals surface area contributed by atoms with E-state index in [1.54, 1.807) is 23.2 Å². The first kappa shape index (κ1) is 17.5. The number of carbonyl (C=O) groups is 1. The quantitative estimate of drug-likeness (QED) is 0.775. The Hall–Kier alpha value is -2.31. The second kappa shape index (κ2) is 8.69. The van der Waals surface area contributed by atoms with Crippen LogP contribution in [-0.2, 0) is 20.8 Å². The fourth-order valence-corrected chi connectivity index (χ4v) is 2.73. The Morgan fingerprint density at radius 2 is 2.12 bits per heavy atom. The van der Waals surface area contributed by atoms with Crippen molar-refractivity contribution in [1.82, 2.24) is 4.98 Å². The SMILES string of the molecule is O=C(COC[C@H]1CCCO1)N(Cc1ccccn1)c1ccc(F)cc1. The number of amides is 1. The summed E-state index contributed by atoms with van der Waals surface area (Å²) < 4.78 is 24.2. The molecule has 3 rings (SSSR count). The number of halogens is 1. The summed E-state index contributed by atoms with van der Waals surface area (Å²) in [4.78, 5) is 18.5. The van der Waals surface area contributed by atoms with Crippen molar-refractivity contribution in [3.63, 3.8) is 0 Å². The second-order valence-corrected chi connectivity index (χ2v) is 5.93. The van der Waals surface area contributed by atoms with E-state index in [1.807, 2.05) is 18.2 Å². The number of hydrogen-bond acceptors (Lipinski definition) is 4. The van der Waals surface area contributed by atoms with Crippen molar-refractivity contribution < 1.29 is 18.7 Å². The Morgan fingerprint density at radius 3 is 2.80 bits per heavy atom. The van der Waals surface area contributed by atoms with Crippen LogP contribution in [0.2, 0.25) is 0 Å². The topological polar surface area (TPSA) is 51.7 Å². The molecule has 1 saturated heterocycles. The molecule has 1 aliphatic rings. The highest BCUT2D eigenvalue weighted by molar-refractivity contribution is 5.94. The number of pyridine rings is 1. The van der Waals surface area contributed by atoms with Crippen molar-refractivity contribution in [1.29, 1.82) is 0 Å². The molecule has 0 unspecified atom stereocenters. The average Bonchev–Trinajstić information content (AvgIpc) is 3.15. The molecular weight excluding hydrogens is 323 g/mol. The summed E-state index contributed by atoms with van der Waals surface area (Å²) in [5.74, 6) is -0.543. The zero-order valence-corrected chi connectivity index (χ0v) is 13.9. The highest BCUT2D eigenvalue weighted by Gasteiger charge is 2.20. The van der Waals surface area contributed by atoms with Gasteiger partial charge < -0.3 is 14.4 Å². The summed E-state index contributed by atoms with van der Waals surface area (Å²) in [6, 6.07) is 11.4. The number of anilines is 1. The van der Waals surface area contributed by atoms with Crippen LogP contribution >= 0.6 is 0 Å². The summed E-state index contributed by atoms with van der Waals surface area (Å²) in [5, 5.41) is 0. The minimum absolute atomic E-state index is 0.0515. The van der Waals surface area contributed by atoms with Gasteiger partial charge in [0.25, 0.3) is 5.91 Å². The third-order valence-corrected chi connectivity index (χ3v) is 4.04. The summed E-state index contributed by atoms with van der Waals surface area (Å²) in [6.45, 7) is 1.41. The van der Waals surface area contributed by atoms with Gasteiger partial charge in [-0.2, -0.15) is 0 Å². The van der Waals surface area contributed by atoms with Crippen molar-refractivity contribution in [3.8, 4) is 0 Å². The maximum Gasteiger partial charge on any atom is 0.253 e. The van der Waals surface area contributed by atoms with Gasteiger partial charge in [-0.15, -0.1) is 0 Å². The van der Waals surface area contributed by atoms with E-state index in [4.69, 9.17) is 9.47 Å². The first-order valence-corrected chi connectivity index (χ1v) is 8.37. The van der Waals surface area contributed by atoms with Crippen molar-refractivity contribution in [3.05, 3.63) is 60.2 Å². The minimum atomic E-state index is -0.344. The van der Waals surface area contributed by atoms with Crippen molar-refractivity contribution >= 4 is 11.6 Å². The Balaban J connectivity index is 1.66. The fourth-order valence-electron chi connectivity index (χ4n) is 2.73. The third kappa shape index (κ3) is 5.08. The van der Waals surface area contributed by atoms with E-state index in [2.05, 4.69) is 4.98 Å². The molecule has 5 nitrogen and oxygen atoms in total. The number of ether oxygens (including phenoxy) is 2. The molecule has 0 bridgehead atoms. The maximum absolute atomic E-state index is 13.2. The summed E-state index contributed by atoms with van der Waals surface area (Å²) in [6.07, 6.45) is 3.74. The monoisotopic (exact) mass is 344 g/mol. The van der Waals surface area contributed by atoms with Gasteiger partial charge in [-0.25, -0.2) is 4.39 Å². The Kier molecular flexibility index (Phi) is 6.09. The van der Waals surface area contributed by atoms with Gasteiger partial charge in [-0.05, 0) is 49.2 Å². The van der Waals surface area contributed by atoms with E-state index in [-0.39, 0.29) is 24.4 Å². The molecule has 2 aromatic rings. The number of rotatable bonds is 7. The lowest BCUT2D eigenvalue weighted by molar-refractivity contribution is -0.124. The molecule has 1 aromatic carbocycles. The predicted octanol–water partition coefficient (Wildman–Crippen LogP) is 2.95. The molecule has 1 atom stereocenters. The van der Waals surface area contributed by atoms with Crippen LogP contribution in [-0.4, -0.2) is 36.8 Å². The van der Waals surface area contributed by atoms with E-state index >= 15 is 0 Å². The van der Waals surface area contributed by atoms with Crippen LogP contribution in [0, 0.1) is 5.82 Å². The standard InChI is InChI=1S/C19H21FN2O3/c20-15-6-8-17(9-7-15)22(12-16-4-1-2-10-21-16)19(23)14-24-13-18-5-3-11-25-18/h1-2,4,6-10,18H,3,5,11-14H2/t18-/m1/s1. The molecule has 1 aliphatic heterocycles. The van der Waals surface area contributed by atoms with Gasteiger partial charge in [-0.3, -0.25) is 9.78 Å². The fraction of sp³-hybridized carbons (Fsp3) is 0.368. The molecule has 132 valence electrons. The van der Waals surface area contributed by atoms with Gasteiger partial charge in [-0.1, -0.05) is 6.07 Å². The van der Waals surface area contributed by atoms with Gasteiger partial charge in [0.15, 0.2) is 0 Å². The highest BCUT2D eigenvalue weighted by atomic mass is 19.1. The predicted molar refractivity (Wildman–Crippen MR) is 91.6 cm³/mol. The normalized spacial score (nSPS) is 16.8. The zero-order chi connectivity index (χ0) is 17.5. The van der Waals surface area contributed by atoms with Crippen LogP contribution in [0.5, 0.6) is 0 Å². The number of carbonyl (C=O) groups excluding carboxylic acids is 1. The molecule has 0 radical (unpaired) electrons. The van der Waals surface area contributed by atoms with Crippen molar-refractivity contribution in [2.75, 3.05) is 24.7 Å². The van der Waals surface area contributed by atoms with Gasteiger partial charge in [0.2, 0.25) is 0 Å². The van der Waals surface area contributed by atoms with Crippen LogP contribution in [0.15, 0.2) is 48.7 Å². The lowest BCUT2D eigenvalue weighted by Crippen LogP contribution is -2.34. The Labute approximate surface area is 146 Å². The lowest BCUT2D eigenvalue weighted by Gasteiger charge is -2.23. The molecule has 0 saturated carbocycles. The van der Waals surface area contributed by atoms with E-state index in [1.165, 1.54) is 12.1 Å². The Bertz CT molecular complexity index is 673. The zero-order valence-electron chi connectivity index (χ0n) is 13.9. The molecule has 25 heavy (non-hydrogen) atoms. The molecule has 0 aliphatic carbocycles. The molecule has 0 spiro atoms. The maximum atomic E-state index is 13.2. The first-order chi connectivity index (χ1) is 12.2. The number of nitrogens with zero attached hydrogens (tertiary/aromatic N) is 2. The molecule has 6 heteroatoms. The van der Waals surface area contributed by atoms with E-state index in [0.717, 1.165) is 25.1 Å². The highest BCUT2D eigenvalue weighted by Crippen LogP contribution is 2.18. The molecule has 1 aromatic heterocycles. The second-order valence-electron chi connectivity index (χ2n) is 5.93. The molecule has 1 amide bonds. The van der Waals surface area contributed by atoms with Gasteiger partial charge in [0.05, 0.1) is 24.9 Å². The number of aromatic nitrogens is 1. The summed E-state index contributed by atoms with van der Waals surface area (Å²) in [7, 11) is 0. The molecule has 0 N–H and O–H groups in total. The number of benzene rings is 1. The van der Waals surface area contributed by atoms with E-state index in [0.29, 0.717) is 18.8 Å². The Morgan fingerprint density at radius 1 is 1.28 bits per heavy atom. The van der Waals surface area contributed by atoms with Crippen LogP contribution in [0.3, 0.4) is 0 Å². The summed E-state index contributed by atoms with van der Waals surface area (Å²) >= 11 is 0. The molecular formula is C19H21FN2O3. The molecule has 1 fully saturated rings. The molecule has 2 heterocycles. The van der Waals surface area contributed by atoms with Crippen molar-refractivity contribution in [2.45, 2.75) is 25.5 Å². The number of hydrogen-bond donors (Lipinski definition) is 0. The van der Waals surface area contributed by atoms with Crippen LogP contribution in [0.1, 0.15) is 18.5 Å². The van der Waals surface area contributed by atoms with Crippen LogP contribution < -0.4 is 4.90 Å². The van der Waals surface area contributed by atoms with Crippen LogP contribution in [0.25, 0.3) is 0 Å². The minimum Gasteiger partial charge on any atom is -0.376 e. The average molecular weight is 344 g/mol. The van der Waals surface area contributed by atoms with Crippen LogP contribution in [0.4, 0.5) is 10.1 Å². The lowest BCUT2D eigenvalue weighted by atomic mass is 10.2. The largest absolute Gasteiger partial charge is 0.376 e.